The fourth-order valence-electron chi connectivity index (χ4n) is 4.97. The Kier molecular flexibility index (Phi) is 5.69. The van der Waals surface area contributed by atoms with Crippen molar-refractivity contribution in [2.45, 2.75) is 31.4 Å². The van der Waals surface area contributed by atoms with Gasteiger partial charge in [0.25, 0.3) is 0 Å². The van der Waals surface area contributed by atoms with Crippen molar-refractivity contribution in [1.29, 1.82) is 0 Å². The number of anilines is 2. The topological polar surface area (TPSA) is 104 Å². The highest BCUT2D eigenvalue weighted by Gasteiger charge is 2.40. The lowest BCUT2D eigenvalue weighted by atomic mass is 9.80. The highest BCUT2D eigenvalue weighted by atomic mass is 32.1. The molecule has 0 saturated heterocycles. The van der Waals surface area contributed by atoms with Gasteiger partial charge in [-0.25, -0.2) is 4.68 Å². The molecule has 0 amide bonds. The number of aromatic nitrogens is 3. The fraction of sp³-hybridized carbons (Fsp3) is 0.222. The summed E-state index contributed by atoms with van der Waals surface area (Å²) in [7, 11) is 1.61. The van der Waals surface area contributed by atoms with Gasteiger partial charge in [0.05, 0.1) is 7.11 Å². The highest BCUT2D eigenvalue weighted by molar-refractivity contribution is 7.10. The number of nitrogen functional groups attached to an aromatic ring is 1. The average molecular weight is 500 g/mol. The minimum atomic E-state index is -0.463. The Morgan fingerprint density at radius 3 is 2.75 bits per heavy atom. The van der Waals surface area contributed by atoms with Crippen LogP contribution in [-0.4, -0.2) is 27.7 Å². The number of ether oxygens (including phenoxy) is 2. The molecule has 182 valence electrons. The maximum atomic E-state index is 13.6. The molecule has 0 saturated carbocycles. The smallest absolute Gasteiger partial charge is 0.241 e. The molecule has 2 aromatic heterocycles. The third-order valence-electron chi connectivity index (χ3n) is 6.62. The van der Waals surface area contributed by atoms with E-state index in [9.17, 15) is 4.79 Å². The molecule has 6 rings (SSSR count). The largest absolute Gasteiger partial charge is 0.493 e. The van der Waals surface area contributed by atoms with Crippen LogP contribution in [0.4, 0.5) is 11.9 Å². The van der Waals surface area contributed by atoms with Crippen LogP contribution in [-0.2, 0) is 11.4 Å². The second-order valence-corrected chi connectivity index (χ2v) is 9.87. The Labute approximate surface area is 212 Å². The second kappa shape index (κ2) is 9.16. The standard InChI is InChI=1S/C27H25N5O3S/c1-34-22-14-17(9-10-21(22)35-15-16-6-3-2-4-7-16)25-24-19(29-27-30-26(28)31-32(25)27)12-18(13-20(24)33)23-8-5-11-36-23/h2-11,14,18,25H,12-13,15H2,1H3,(H3,28,29,30,31)/t18-,25-/m1/s1. The third kappa shape index (κ3) is 4.01. The van der Waals surface area contributed by atoms with E-state index in [2.05, 4.69) is 21.5 Å². The van der Waals surface area contributed by atoms with E-state index in [1.165, 1.54) is 4.88 Å². The number of nitrogens with one attached hydrogen (secondary N) is 1. The molecule has 2 aromatic carbocycles. The number of carbonyl (C=O) groups is 1. The van der Waals surface area contributed by atoms with Crippen LogP contribution in [0.1, 0.15) is 40.8 Å². The number of rotatable bonds is 6. The Balaban J connectivity index is 1.37. The molecule has 0 fully saturated rings. The van der Waals surface area contributed by atoms with Crippen LogP contribution in [0.2, 0.25) is 0 Å². The lowest BCUT2D eigenvalue weighted by Gasteiger charge is -2.34. The van der Waals surface area contributed by atoms with E-state index in [1.807, 2.05) is 60.0 Å². The van der Waals surface area contributed by atoms with E-state index in [1.54, 1.807) is 23.1 Å². The summed E-state index contributed by atoms with van der Waals surface area (Å²) in [4.78, 5) is 19.2. The molecule has 3 heterocycles. The zero-order valence-corrected chi connectivity index (χ0v) is 20.5. The molecule has 3 N–H and O–H groups in total. The van der Waals surface area contributed by atoms with Crippen LogP contribution in [0.3, 0.4) is 0 Å². The van der Waals surface area contributed by atoms with Crippen molar-refractivity contribution in [2.24, 2.45) is 0 Å². The van der Waals surface area contributed by atoms with Gasteiger partial charge in [-0.1, -0.05) is 42.5 Å². The van der Waals surface area contributed by atoms with Gasteiger partial charge in [-0.3, -0.25) is 4.79 Å². The minimum absolute atomic E-state index is 0.0928. The summed E-state index contributed by atoms with van der Waals surface area (Å²) < 4.78 is 13.4. The first-order valence-electron chi connectivity index (χ1n) is 11.7. The average Bonchev–Trinajstić information content (AvgIpc) is 3.56. The number of ketones is 1. The number of nitrogens with zero attached hydrogens (tertiary/aromatic N) is 3. The van der Waals surface area contributed by atoms with Gasteiger partial charge in [0.2, 0.25) is 11.9 Å². The van der Waals surface area contributed by atoms with E-state index >= 15 is 0 Å². The van der Waals surface area contributed by atoms with Gasteiger partial charge in [-0.05, 0) is 41.1 Å². The lowest BCUT2D eigenvalue weighted by molar-refractivity contribution is -0.116. The molecule has 36 heavy (non-hydrogen) atoms. The molecule has 0 bridgehead atoms. The van der Waals surface area contributed by atoms with Crippen LogP contribution in [0.15, 0.2) is 77.3 Å². The molecule has 0 unspecified atom stereocenters. The number of benzene rings is 2. The predicted molar refractivity (Wildman–Crippen MR) is 138 cm³/mol. The number of carbonyl (C=O) groups excluding carboxylic acids is 1. The van der Waals surface area contributed by atoms with Crippen LogP contribution in [0.5, 0.6) is 11.5 Å². The van der Waals surface area contributed by atoms with E-state index in [0.29, 0.717) is 36.0 Å². The minimum Gasteiger partial charge on any atom is -0.493 e. The number of nitrogens with two attached hydrogens (primary N) is 1. The van der Waals surface area contributed by atoms with Crippen LogP contribution in [0, 0.1) is 0 Å². The Morgan fingerprint density at radius 1 is 1.11 bits per heavy atom. The molecule has 4 aromatic rings. The highest BCUT2D eigenvalue weighted by Crippen LogP contribution is 2.46. The molecule has 9 heteroatoms. The summed E-state index contributed by atoms with van der Waals surface area (Å²) in [5.74, 6) is 2.12. The van der Waals surface area contributed by atoms with E-state index in [-0.39, 0.29) is 17.6 Å². The molecule has 1 aliphatic carbocycles. The zero-order valence-electron chi connectivity index (χ0n) is 19.7. The van der Waals surface area contributed by atoms with Crippen molar-refractivity contribution >= 4 is 29.0 Å². The second-order valence-electron chi connectivity index (χ2n) is 8.89. The van der Waals surface area contributed by atoms with Gasteiger partial charge in [-0.2, -0.15) is 4.98 Å². The number of thiophene rings is 1. The van der Waals surface area contributed by atoms with Gasteiger partial charge in [0.1, 0.15) is 12.6 Å². The third-order valence-corrected chi connectivity index (χ3v) is 7.66. The maximum Gasteiger partial charge on any atom is 0.241 e. The molecule has 2 aliphatic rings. The van der Waals surface area contributed by atoms with Gasteiger partial charge in [-0.15, -0.1) is 16.4 Å². The molecular weight excluding hydrogens is 474 g/mol. The summed E-state index contributed by atoms with van der Waals surface area (Å²) in [6, 6.07) is 19.3. The molecule has 2 atom stereocenters. The van der Waals surface area contributed by atoms with Gasteiger partial charge >= 0.3 is 0 Å². The SMILES string of the molecule is COc1cc([C@@H]2C3=C(C[C@@H](c4cccs4)CC3=O)Nc3nc(N)nn32)ccc1OCc1ccccc1. The summed E-state index contributed by atoms with van der Waals surface area (Å²) in [5, 5.41) is 9.81. The first-order chi connectivity index (χ1) is 17.6. The van der Waals surface area contributed by atoms with Crippen LogP contribution >= 0.6 is 11.3 Å². The molecule has 8 nitrogen and oxygen atoms in total. The summed E-state index contributed by atoms with van der Waals surface area (Å²) >= 11 is 1.68. The van der Waals surface area contributed by atoms with Crippen molar-refractivity contribution in [3.63, 3.8) is 0 Å². The molecular formula is C27H25N5O3S. The van der Waals surface area contributed by atoms with Gasteiger partial charge in [0.15, 0.2) is 17.3 Å². The first kappa shape index (κ1) is 22.4. The number of hydrogen-bond donors (Lipinski definition) is 2. The zero-order chi connectivity index (χ0) is 24.6. The first-order valence-corrected chi connectivity index (χ1v) is 12.6. The quantitative estimate of drug-likeness (QED) is 0.388. The van der Waals surface area contributed by atoms with Crippen LogP contribution < -0.4 is 20.5 Å². The Hall–Kier alpha value is -4.11. The summed E-state index contributed by atoms with van der Waals surface area (Å²) in [5.41, 5.74) is 9.45. The Bertz CT molecular complexity index is 1450. The predicted octanol–water partition coefficient (Wildman–Crippen LogP) is 4.93. The van der Waals surface area contributed by atoms with Gasteiger partial charge < -0.3 is 20.5 Å². The molecule has 1 aliphatic heterocycles. The maximum absolute atomic E-state index is 13.6. The van der Waals surface area contributed by atoms with Crippen molar-refractivity contribution in [3.05, 3.63) is 93.3 Å². The summed E-state index contributed by atoms with van der Waals surface area (Å²) in [6.45, 7) is 0.422. The van der Waals surface area contributed by atoms with Gasteiger partial charge in [0, 0.05) is 28.5 Å². The Morgan fingerprint density at radius 2 is 1.97 bits per heavy atom. The number of fused-ring (bicyclic) bond motifs is 1. The van der Waals surface area contributed by atoms with Crippen molar-refractivity contribution in [3.8, 4) is 11.5 Å². The summed E-state index contributed by atoms with van der Waals surface area (Å²) in [6.07, 6.45) is 1.17. The molecule has 0 spiro atoms. The van der Waals surface area contributed by atoms with Crippen molar-refractivity contribution in [1.82, 2.24) is 14.8 Å². The fourth-order valence-corrected chi connectivity index (χ4v) is 5.80. The van der Waals surface area contributed by atoms with E-state index in [0.717, 1.165) is 23.2 Å². The van der Waals surface area contributed by atoms with Crippen molar-refractivity contribution in [2.75, 3.05) is 18.2 Å². The van der Waals surface area contributed by atoms with Crippen molar-refractivity contribution < 1.29 is 14.3 Å². The number of Topliss-reactive ketones (excluding diaryl/α,β-unsaturated/α-hetero) is 1. The molecule has 0 radical (unpaired) electrons. The number of allylic oxidation sites excluding steroid dienone is 2. The number of hydrogen-bond acceptors (Lipinski definition) is 8. The van der Waals surface area contributed by atoms with Crippen LogP contribution in [0.25, 0.3) is 0 Å². The van der Waals surface area contributed by atoms with E-state index < -0.39 is 6.04 Å². The monoisotopic (exact) mass is 499 g/mol. The lowest BCUT2D eigenvalue weighted by Crippen LogP contribution is -2.33. The number of methoxy groups -OCH3 is 1. The normalized spacial score (nSPS) is 18.9. The van der Waals surface area contributed by atoms with E-state index in [4.69, 9.17) is 15.2 Å².